The maximum atomic E-state index is 12.8. The molecule has 118 valence electrons. The number of fused-ring (bicyclic) bond motifs is 1. The average Bonchev–Trinajstić information content (AvgIpc) is 3.25. The molecule has 0 bridgehead atoms. The number of phenols is 1. The Morgan fingerprint density at radius 1 is 1.17 bits per heavy atom. The zero-order chi connectivity index (χ0) is 16.5. The van der Waals surface area contributed by atoms with Crippen LogP contribution in [-0.4, -0.2) is 21.0 Å². The smallest absolute Gasteiger partial charge is 0.283 e. The van der Waals surface area contributed by atoms with Crippen LogP contribution in [0, 0.1) is 0 Å². The van der Waals surface area contributed by atoms with E-state index in [0.29, 0.717) is 10.2 Å². The van der Waals surface area contributed by atoms with Gasteiger partial charge >= 0.3 is 0 Å². The Morgan fingerprint density at radius 3 is 2.75 bits per heavy atom. The van der Waals surface area contributed by atoms with Gasteiger partial charge in [-0.15, -0.1) is 22.7 Å². The summed E-state index contributed by atoms with van der Waals surface area (Å²) in [5, 5.41) is 18.0. The van der Waals surface area contributed by atoms with Crippen molar-refractivity contribution in [3.05, 3.63) is 69.4 Å². The lowest BCUT2D eigenvalue weighted by Gasteiger charge is -2.00. The molecule has 0 fully saturated rings. The van der Waals surface area contributed by atoms with Gasteiger partial charge in [0.25, 0.3) is 5.56 Å². The second kappa shape index (κ2) is 6.03. The van der Waals surface area contributed by atoms with E-state index < -0.39 is 0 Å². The van der Waals surface area contributed by atoms with Gasteiger partial charge in [0.05, 0.1) is 11.6 Å². The molecule has 24 heavy (non-hydrogen) atoms. The first-order valence-corrected chi connectivity index (χ1v) is 8.84. The summed E-state index contributed by atoms with van der Waals surface area (Å²) >= 11 is 3.04. The van der Waals surface area contributed by atoms with Gasteiger partial charge in [-0.2, -0.15) is 9.78 Å². The summed E-state index contributed by atoms with van der Waals surface area (Å²) in [7, 11) is 0. The lowest BCUT2D eigenvalue weighted by molar-refractivity contribution is 0.475. The van der Waals surface area contributed by atoms with Crippen molar-refractivity contribution in [1.82, 2.24) is 9.66 Å². The van der Waals surface area contributed by atoms with Crippen LogP contribution in [0.4, 0.5) is 0 Å². The molecule has 4 aromatic rings. The SMILES string of the molecule is O=c1c2c(-c3cccs3)csc2ncn1/N=C/c1ccc(O)cc1. The van der Waals surface area contributed by atoms with Crippen molar-refractivity contribution in [1.29, 1.82) is 0 Å². The predicted molar refractivity (Wildman–Crippen MR) is 98.3 cm³/mol. The van der Waals surface area contributed by atoms with Crippen molar-refractivity contribution in [2.75, 3.05) is 0 Å². The number of nitrogens with zero attached hydrogens (tertiary/aromatic N) is 3. The molecule has 5 nitrogen and oxygen atoms in total. The molecular weight excluding hydrogens is 342 g/mol. The van der Waals surface area contributed by atoms with Crippen LogP contribution in [0.3, 0.4) is 0 Å². The van der Waals surface area contributed by atoms with E-state index >= 15 is 0 Å². The molecule has 0 saturated heterocycles. The standard InChI is InChI=1S/C17H11N3O2S2/c21-12-5-3-11(4-6-12)8-19-20-10-18-16-15(17(20)22)13(9-24-16)14-2-1-7-23-14/h1-10,21H/b19-8+. The molecule has 3 aromatic heterocycles. The van der Waals surface area contributed by atoms with Crippen LogP contribution in [0.25, 0.3) is 20.7 Å². The number of hydrogen-bond donors (Lipinski definition) is 1. The van der Waals surface area contributed by atoms with E-state index in [-0.39, 0.29) is 11.3 Å². The second-order valence-corrected chi connectivity index (χ2v) is 6.84. The quantitative estimate of drug-likeness (QED) is 0.570. The fraction of sp³-hybridized carbons (Fsp3) is 0. The van der Waals surface area contributed by atoms with Crippen molar-refractivity contribution in [3.63, 3.8) is 0 Å². The van der Waals surface area contributed by atoms with Crippen LogP contribution in [-0.2, 0) is 0 Å². The molecule has 0 aliphatic carbocycles. The molecule has 0 unspecified atom stereocenters. The Labute approximate surface area is 144 Å². The first-order chi connectivity index (χ1) is 11.7. The predicted octanol–water partition coefficient (Wildman–Crippen LogP) is 3.77. The first kappa shape index (κ1) is 14.8. The highest BCUT2D eigenvalue weighted by Gasteiger charge is 2.13. The van der Waals surface area contributed by atoms with Crippen LogP contribution in [0.1, 0.15) is 5.56 Å². The van der Waals surface area contributed by atoms with Crippen LogP contribution in [0.5, 0.6) is 5.75 Å². The number of rotatable bonds is 3. The number of phenolic OH excluding ortho intramolecular Hbond substituents is 1. The third-order valence-corrected chi connectivity index (χ3v) is 5.28. The summed E-state index contributed by atoms with van der Waals surface area (Å²) in [5.74, 6) is 0.186. The summed E-state index contributed by atoms with van der Waals surface area (Å²) in [6, 6.07) is 10.5. The van der Waals surface area contributed by atoms with Gasteiger partial charge in [-0.05, 0) is 41.3 Å². The monoisotopic (exact) mass is 353 g/mol. The normalized spacial score (nSPS) is 11.5. The largest absolute Gasteiger partial charge is 0.508 e. The fourth-order valence-electron chi connectivity index (χ4n) is 2.31. The Morgan fingerprint density at radius 2 is 2.00 bits per heavy atom. The minimum absolute atomic E-state index is 0.186. The molecule has 0 aliphatic heterocycles. The zero-order valence-corrected chi connectivity index (χ0v) is 13.9. The van der Waals surface area contributed by atoms with Gasteiger partial charge < -0.3 is 5.11 Å². The van der Waals surface area contributed by atoms with Crippen molar-refractivity contribution in [3.8, 4) is 16.2 Å². The van der Waals surface area contributed by atoms with Gasteiger partial charge in [0.2, 0.25) is 0 Å². The molecule has 7 heteroatoms. The second-order valence-electron chi connectivity index (χ2n) is 5.04. The Hall–Kier alpha value is -2.77. The lowest BCUT2D eigenvalue weighted by atomic mass is 10.2. The average molecular weight is 353 g/mol. The third-order valence-electron chi connectivity index (χ3n) is 3.49. The molecule has 3 heterocycles. The van der Waals surface area contributed by atoms with Gasteiger partial charge in [0.1, 0.15) is 16.9 Å². The minimum atomic E-state index is -0.195. The van der Waals surface area contributed by atoms with Gasteiger partial charge in [-0.25, -0.2) is 4.98 Å². The highest BCUT2D eigenvalue weighted by Crippen LogP contribution is 2.33. The van der Waals surface area contributed by atoms with Crippen LogP contribution in [0.15, 0.2) is 63.4 Å². The van der Waals surface area contributed by atoms with Gasteiger partial charge in [-0.3, -0.25) is 4.79 Å². The number of aromatic hydroxyl groups is 1. The van der Waals surface area contributed by atoms with Crippen LogP contribution in [0.2, 0.25) is 0 Å². The molecule has 0 aliphatic rings. The summed E-state index contributed by atoms with van der Waals surface area (Å²) in [5.41, 5.74) is 1.49. The molecule has 0 radical (unpaired) electrons. The first-order valence-electron chi connectivity index (χ1n) is 7.08. The summed E-state index contributed by atoms with van der Waals surface area (Å²) in [6.45, 7) is 0. The van der Waals surface area contributed by atoms with Crippen molar-refractivity contribution in [2.45, 2.75) is 0 Å². The third kappa shape index (κ3) is 2.64. The zero-order valence-electron chi connectivity index (χ0n) is 12.3. The molecule has 0 amide bonds. The van der Waals surface area contributed by atoms with E-state index in [4.69, 9.17) is 0 Å². The molecular formula is C17H11N3O2S2. The molecule has 1 aromatic carbocycles. The Balaban J connectivity index is 1.79. The molecule has 0 atom stereocenters. The van der Waals surface area contributed by atoms with E-state index in [0.717, 1.165) is 16.0 Å². The molecule has 0 saturated carbocycles. The Kier molecular flexibility index (Phi) is 3.72. The van der Waals surface area contributed by atoms with Crippen molar-refractivity contribution < 1.29 is 5.11 Å². The van der Waals surface area contributed by atoms with Crippen LogP contribution >= 0.6 is 22.7 Å². The number of aromatic nitrogens is 2. The topological polar surface area (TPSA) is 67.5 Å². The summed E-state index contributed by atoms with van der Waals surface area (Å²) in [4.78, 5) is 18.8. The van der Waals surface area contributed by atoms with Crippen molar-refractivity contribution >= 4 is 39.1 Å². The Bertz CT molecular complexity index is 1080. The fourth-order valence-corrected chi connectivity index (χ4v) is 4.03. The van der Waals surface area contributed by atoms with Crippen LogP contribution < -0.4 is 5.56 Å². The van der Waals surface area contributed by atoms with E-state index in [1.807, 2.05) is 22.9 Å². The van der Waals surface area contributed by atoms with Gasteiger partial charge in [-0.1, -0.05) is 6.07 Å². The number of thiophene rings is 2. The summed E-state index contributed by atoms with van der Waals surface area (Å²) < 4.78 is 1.24. The molecule has 4 rings (SSSR count). The number of benzene rings is 1. The minimum Gasteiger partial charge on any atom is -0.508 e. The summed E-state index contributed by atoms with van der Waals surface area (Å²) in [6.07, 6.45) is 2.99. The highest BCUT2D eigenvalue weighted by atomic mass is 32.1. The van der Waals surface area contributed by atoms with Gasteiger partial charge in [0, 0.05) is 15.8 Å². The van der Waals surface area contributed by atoms with E-state index in [1.54, 1.807) is 41.8 Å². The van der Waals surface area contributed by atoms with E-state index in [2.05, 4.69) is 10.1 Å². The molecule has 1 N–H and O–H groups in total. The van der Waals surface area contributed by atoms with E-state index in [1.165, 1.54) is 22.3 Å². The van der Waals surface area contributed by atoms with Gasteiger partial charge in [0.15, 0.2) is 0 Å². The molecule has 0 spiro atoms. The van der Waals surface area contributed by atoms with Crippen molar-refractivity contribution in [2.24, 2.45) is 5.10 Å². The maximum absolute atomic E-state index is 12.8. The number of hydrogen-bond acceptors (Lipinski definition) is 6. The lowest BCUT2D eigenvalue weighted by Crippen LogP contribution is -2.16. The highest BCUT2D eigenvalue weighted by molar-refractivity contribution is 7.18. The maximum Gasteiger partial charge on any atom is 0.283 e. The van der Waals surface area contributed by atoms with E-state index in [9.17, 15) is 9.90 Å².